The summed E-state index contributed by atoms with van der Waals surface area (Å²) in [4.78, 5) is 27.8. The van der Waals surface area contributed by atoms with E-state index in [1.165, 1.54) is 4.68 Å². The van der Waals surface area contributed by atoms with Gasteiger partial charge in [-0.15, -0.1) is 0 Å². The molecule has 29 heavy (non-hydrogen) atoms. The molecule has 0 bridgehead atoms. The van der Waals surface area contributed by atoms with Gasteiger partial charge in [0, 0.05) is 24.0 Å². The van der Waals surface area contributed by atoms with Crippen LogP contribution < -0.4 is 5.56 Å². The lowest BCUT2D eigenvalue weighted by molar-refractivity contribution is 0.0779. The Morgan fingerprint density at radius 2 is 1.66 bits per heavy atom. The van der Waals surface area contributed by atoms with E-state index in [1.807, 2.05) is 36.4 Å². The second-order valence-electron chi connectivity index (χ2n) is 6.74. The van der Waals surface area contributed by atoms with E-state index >= 15 is 0 Å². The predicted molar refractivity (Wildman–Crippen MR) is 115 cm³/mol. The van der Waals surface area contributed by atoms with Crippen molar-refractivity contribution in [3.8, 4) is 5.69 Å². The third-order valence-corrected chi connectivity index (χ3v) is 4.90. The fourth-order valence-electron chi connectivity index (χ4n) is 3.25. The minimum Gasteiger partial charge on any atom is -0.336 e. The van der Waals surface area contributed by atoms with Crippen LogP contribution in [0.5, 0.6) is 0 Å². The maximum absolute atomic E-state index is 13.3. The maximum atomic E-state index is 13.3. The van der Waals surface area contributed by atoms with Gasteiger partial charge in [0.25, 0.3) is 11.5 Å². The third-order valence-electron chi connectivity index (χ3n) is 4.66. The van der Waals surface area contributed by atoms with Crippen molar-refractivity contribution in [1.29, 1.82) is 0 Å². The number of hydrogen-bond acceptors (Lipinski definition) is 3. The lowest BCUT2D eigenvalue weighted by Crippen LogP contribution is -2.31. The van der Waals surface area contributed by atoms with Gasteiger partial charge < -0.3 is 4.90 Å². The number of carbonyl (C=O) groups is 1. The average molecular weight is 404 g/mol. The molecule has 4 rings (SSSR count). The van der Waals surface area contributed by atoms with E-state index in [0.29, 0.717) is 28.0 Å². The van der Waals surface area contributed by atoms with Gasteiger partial charge in [0.2, 0.25) is 0 Å². The second kappa shape index (κ2) is 7.89. The Morgan fingerprint density at radius 3 is 2.38 bits per heavy atom. The molecule has 0 atom stereocenters. The van der Waals surface area contributed by atoms with Crippen LogP contribution in [0.2, 0.25) is 5.02 Å². The van der Waals surface area contributed by atoms with Crippen LogP contribution in [0.25, 0.3) is 16.5 Å². The fourth-order valence-corrected chi connectivity index (χ4v) is 3.47. The van der Waals surface area contributed by atoms with Gasteiger partial charge in [-0.05, 0) is 35.9 Å². The molecular weight excluding hydrogens is 386 g/mol. The van der Waals surface area contributed by atoms with Crippen molar-refractivity contribution in [1.82, 2.24) is 14.7 Å². The summed E-state index contributed by atoms with van der Waals surface area (Å²) < 4.78 is 1.28. The van der Waals surface area contributed by atoms with Gasteiger partial charge in [-0.3, -0.25) is 9.59 Å². The molecule has 0 radical (unpaired) electrons. The van der Waals surface area contributed by atoms with E-state index in [0.717, 1.165) is 5.56 Å². The van der Waals surface area contributed by atoms with Crippen LogP contribution in [0.3, 0.4) is 0 Å². The van der Waals surface area contributed by atoms with Gasteiger partial charge >= 0.3 is 0 Å². The first kappa shape index (κ1) is 18.9. The standard InChI is InChI=1S/C23H18ClN3O2/c1-26(15-16-8-7-9-17(24)14-16)23(29)21-19-12-5-6-13-20(19)22(28)27(25-21)18-10-3-2-4-11-18/h2-14H,15H2,1H3. The van der Waals surface area contributed by atoms with E-state index in [9.17, 15) is 9.59 Å². The summed E-state index contributed by atoms with van der Waals surface area (Å²) in [5.74, 6) is -0.272. The van der Waals surface area contributed by atoms with E-state index in [2.05, 4.69) is 5.10 Å². The normalized spacial score (nSPS) is 10.8. The van der Waals surface area contributed by atoms with Crippen LogP contribution in [0, 0.1) is 0 Å². The molecule has 0 aliphatic carbocycles. The number of aromatic nitrogens is 2. The first-order chi connectivity index (χ1) is 14.0. The molecule has 0 saturated carbocycles. The number of amides is 1. The highest BCUT2D eigenvalue weighted by atomic mass is 35.5. The summed E-state index contributed by atoms with van der Waals surface area (Å²) in [6.07, 6.45) is 0. The Hall–Kier alpha value is -3.44. The molecular formula is C23H18ClN3O2. The van der Waals surface area contributed by atoms with E-state index in [4.69, 9.17) is 11.6 Å². The maximum Gasteiger partial charge on any atom is 0.279 e. The summed E-state index contributed by atoms with van der Waals surface area (Å²) in [7, 11) is 1.71. The quantitative estimate of drug-likeness (QED) is 0.510. The summed E-state index contributed by atoms with van der Waals surface area (Å²) in [5, 5.41) is 6.04. The number of hydrogen-bond donors (Lipinski definition) is 0. The molecule has 4 aromatic rings. The number of rotatable bonds is 4. The highest BCUT2D eigenvalue weighted by molar-refractivity contribution is 6.30. The molecule has 0 unspecified atom stereocenters. The zero-order chi connectivity index (χ0) is 20.4. The number of fused-ring (bicyclic) bond motifs is 1. The van der Waals surface area contributed by atoms with Crippen molar-refractivity contribution in [3.63, 3.8) is 0 Å². The molecule has 144 valence electrons. The zero-order valence-electron chi connectivity index (χ0n) is 15.7. The molecule has 5 nitrogen and oxygen atoms in total. The van der Waals surface area contributed by atoms with Crippen LogP contribution in [0.4, 0.5) is 0 Å². The van der Waals surface area contributed by atoms with Crippen molar-refractivity contribution in [2.24, 2.45) is 0 Å². The smallest absolute Gasteiger partial charge is 0.279 e. The Balaban J connectivity index is 1.81. The summed E-state index contributed by atoms with van der Waals surface area (Å²) in [5.41, 5.74) is 1.48. The molecule has 0 N–H and O–H groups in total. The fraction of sp³-hybridized carbons (Fsp3) is 0.0870. The molecule has 1 amide bonds. The topological polar surface area (TPSA) is 55.2 Å². The van der Waals surface area contributed by atoms with E-state index < -0.39 is 0 Å². The molecule has 1 aromatic heterocycles. The van der Waals surface area contributed by atoms with Crippen LogP contribution in [-0.4, -0.2) is 27.6 Å². The van der Waals surface area contributed by atoms with Crippen molar-refractivity contribution in [2.75, 3.05) is 7.05 Å². The monoisotopic (exact) mass is 403 g/mol. The van der Waals surface area contributed by atoms with E-state index in [-0.39, 0.29) is 17.2 Å². The highest BCUT2D eigenvalue weighted by Crippen LogP contribution is 2.18. The van der Waals surface area contributed by atoms with Gasteiger partial charge in [0.1, 0.15) is 0 Å². The summed E-state index contributed by atoms with van der Waals surface area (Å²) >= 11 is 6.06. The number of para-hydroxylation sites is 1. The average Bonchev–Trinajstić information content (AvgIpc) is 2.74. The largest absolute Gasteiger partial charge is 0.336 e. The zero-order valence-corrected chi connectivity index (χ0v) is 16.5. The molecule has 0 saturated heterocycles. The molecule has 3 aromatic carbocycles. The second-order valence-corrected chi connectivity index (χ2v) is 7.17. The van der Waals surface area contributed by atoms with Crippen molar-refractivity contribution < 1.29 is 4.79 Å². The molecule has 0 aliphatic heterocycles. The number of halogens is 1. The molecule has 1 heterocycles. The Kier molecular flexibility index (Phi) is 5.14. The SMILES string of the molecule is CN(Cc1cccc(Cl)c1)C(=O)c1nn(-c2ccccc2)c(=O)c2ccccc12. The lowest BCUT2D eigenvalue weighted by atomic mass is 10.1. The Labute approximate surface area is 172 Å². The van der Waals surface area contributed by atoms with Crippen LogP contribution in [0.1, 0.15) is 16.1 Å². The molecule has 0 aliphatic rings. The molecule has 0 spiro atoms. The number of benzene rings is 3. The van der Waals surface area contributed by atoms with Gasteiger partial charge in [-0.25, -0.2) is 0 Å². The lowest BCUT2D eigenvalue weighted by Gasteiger charge is -2.19. The van der Waals surface area contributed by atoms with Crippen LogP contribution in [0.15, 0.2) is 83.7 Å². The first-order valence-electron chi connectivity index (χ1n) is 9.12. The van der Waals surface area contributed by atoms with E-state index in [1.54, 1.807) is 54.4 Å². The van der Waals surface area contributed by atoms with Crippen LogP contribution >= 0.6 is 11.6 Å². The van der Waals surface area contributed by atoms with Gasteiger partial charge in [-0.2, -0.15) is 9.78 Å². The Bertz CT molecular complexity index is 1250. The minimum atomic E-state index is -0.272. The predicted octanol–water partition coefficient (Wildman–Crippen LogP) is 4.31. The summed E-state index contributed by atoms with van der Waals surface area (Å²) in [6.45, 7) is 0.375. The van der Waals surface area contributed by atoms with Gasteiger partial charge in [0.15, 0.2) is 5.69 Å². The number of nitrogens with zero attached hydrogens (tertiary/aromatic N) is 3. The van der Waals surface area contributed by atoms with Crippen molar-refractivity contribution in [3.05, 3.63) is 105 Å². The number of carbonyl (C=O) groups excluding carboxylic acids is 1. The van der Waals surface area contributed by atoms with Crippen LogP contribution in [-0.2, 0) is 6.54 Å². The minimum absolute atomic E-state index is 0.230. The first-order valence-corrected chi connectivity index (χ1v) is 9.50. The van der Waals surface area contributed by atoms with Gasteiger partial charge in [0.05, 0.1) is 11.1 Å². The molecule has 6 heteroatoms. The highest BCUT2D eigenvalue weighted by Gasteiger charge is 2.20. The third kappa shape index (κ3) is 3.77. The van der Waals surface area contributed by atoms with Crippen molar-refractivity contribution in [2.45, 2.75) is 6.54 Å². The Morgan fingerprint density at radius 1 is 0.966 bits per heavy atom. The summed E-state index contributed by atoms with van der Waals surface area (Å²) in [6, 6.07) is 23.5. The van der Waals surface area contributed by atoms with Crippen molar-refractivity contribution >= 4 is 28.3 Å². The van der Waals surface area contributed by atoms with Gasteiger partial charge in [-0.1, -0.05) is 60.1 Å². The molecule has 0 fully saturated rings.